The SMILES string of the molecule is COc1ccc(CCCC(=O)O)c(Br)c1O. The van der Waals surface area contributed by atoms with Crippen molar-refractivity contribution in [2.75, 3.05) is 7.11 Å². The molecule has 5 heteroatoms. The van der Waals surface area contributed by atoms with Gasteiger partial charge in [0.1, 0.15) is 0 Å². The molecule has 16 heavy (non-hydrogen) atoms. The molecule has 1 aromatic rings. The number of aliphatic carboxylic acids is 1. The average molecular weight is 289 g/mol. The van der Waals surface area contributed by atoms with Gasteiger partial charge in [0.2, 0.25) is 0 Å². The summed E-state index contributed by atoms with van der Waals surface area (Å²) in [5.74, 6) is -0.363. The number of carbonyl (C=O) groups is 1. The quantitative estimate of drug-likeness (QED) is 0.874. The van der Waals surface area contributed by atoms with E-state index in [1.54, 1.807) is 6.07 Å². The predicted molar refractivity (Wildman–Crippen MR) is 62.9 cm³/mol. The van der Waals surface area contributed by atoms with Crippen LogP contribution in [-0.4, -0.2) is 23.3 Å². The highest BCUT2D eigenvalue weighted by atomic mass is 79.9. The number of aryl methyl sites for hydroxylation is 1. The van der Waals surface area contributed by atoms with Crippen LogP contribution in [0.2, 0.25) is 0 Å². The van der Waals surface area contributed by atoms with Crippen LogP contribution in [-0.2, 0) is 11.2 Å². The monoisotopic (exact) mass is 288 g/mol. The van der Waals surface area contributed by atoms with E-state index in [0.717, 1.165) is 5.56 Å². The first-order chi connectivity index (χ1) is 7.56. The average Bonchev–Trinajstić information content (AvgIpc) is 2.24. The minimum atomic E-state index is -0.811. The van der Waals surface area contributed by atoms with Crippen molar-refractivity contribution in [1.29, 1.82) is 0 Å². The summed E-state index contributed by atoms with van der Waals surface area (Å²) in [5, 5.41) is 18.2. The minimum Gasteiger partial charge on any atom is -0.503 e. The summed E-state index contributed by atoms with van der Waals surface area (Å²) in [6.45, 7) is 0. The van der Waals surface area contributed by atoms with Gasteiger partial charge in [-0.3, -0.25) is 4.79 Å². The van der Waals surface area contributed by atoms with Crippen LogP contribution in [0.3, 0.4) is 0 Å². The Bertz CT molecular complexity index is 390. The highest BCUT2D eigenvalue weighted by Gasteiger charge is 2.10. The van der Waals surface area contributed by atoms with Crippen LogP contribution in [0.4, 0.5) is 0 Å². The van der Waals surface area contributed by atoms with Crippen molar-refractivity contribution in [2.24, 2.45) is 0 Å². The zero-order valence-corrected chi connectivity index (χ0v) is 10.5. The fourth-order valence-electron chi connectivity index (χ4n) is 1.38. The van der Waals surface area contributed by atoms with Crippen LogP contribution in [0.1, 0.15) is 18.4 Å². The first kappa shape index (κ1) is 12.8. The zero-order valence-electron chi connectivity index (χ0n) is 8.86. The van der Waals surface area contributed by atoms with Crippen molar-refractivity contribution >= 4 is 21.9 Å². The Hall–Kier alpha value is -1.23. The Morgan fingerprint density at radius 2 is 2.19 bits per heavy atom. The lowest BCUT2D eigenvalue weighted by Gasteiger charge is -2.09. The molecule has 0 saturated carbocycles. The summed E-state index contributed by atoms with van der Waals surface area (Å²) in [7, 11) is 1.48. The topological polar surface area (TPSA) is 66.8 Å². The van der Waals surface area contributed by atoms with Gasteiger partial charge in [0, 0.05) is 6.42 Å². The fourth-order valence-corrected chi connectivity index (χ4v) is 1.90. The van der Waals surface area contributed by atoms with Crippen molar-refractivity contribution < 1.29 is 19.7 Å². The minimum absolute atomic E-state index is 0.0512. The van der Waals surface area contributed by atoms with Crippen molar-refractivity contribution in [3.8, 4) is 11.5 Å². The van der Waals surface area contributed by atoms with Gasteiger partial charge in [-0.05, 0) is 40.4 Å². The Labute approximate surface area is 102 Å². The third-order valence-electron chi connectivity index (χ3n) is 2.22. The lowest BCUT2D eigenvalue weighted by molar-refractivity contribution is -0.137. The first-order valence-corrected chi connectivity index (χ1v) is 5.61. The van der Waals surface area contributed by atoms with Gasteiger partial charge < -0.3 is 14.9 Å². The van der Waals surface area contributed by atoms with Crippen LogP contribution in [0.15, 0.2) is 16.6 Å². The molecule has 1 rings (SSSR count). The molecule has 0 bridgehead atoms. The molecule has 1 aromatic carbocycles. The molecular formula is C11H13BrO4. The number of carboxylic acid groups (broad SMARTS) is 1. The van der Waals surface area contributed by atoms with Crippen LogP contribution in [0.5, 0.6) is 11.5 Å². The van der Waals surface area contributed by atoms with Crippen LogP contribution in [0.25, 0.3) is 0 Å². The second kappa shape index (κ2) is 5.75. The summed E-state index contributed by atoms with van der Waals surface area (Å²) in [6, 6.07) is 3.47. The third-order valence-corrected chi connectivity index (χ3v) is 3.10. The van der Waals surface area contributed by atoms with E-state index in [9.17, 15) is 9.90 Å². The number of benzene rings is 1. The molecule has 0 saturated heterocycles. The maximum atomic E-state index is 10.4. The molecule has 0 aliphatic carbocycles. The Balaban J connectivity index is 2.74. The van der Waals surface area contributed by atoms with Gasteiger partial charge in [-0.25, -0.2) is 0 Å². The summed E-state index contributed by atoms with van der Waals surface area (Å²) in [4.78, 5) is 10.4. The Morgan fingerprint density at radius 1 is 1.50 bits per heavy atom. The largest absolute Gasteiger partial charge is 0.503 e. The molecule has 0 atom stereocenters. The molecule has 4 nitrogen and oxygen atoms in total. The Kier molecular flexibility index (Phi) is 4.61. The number of ether oxygens (including phenoxy) is 1. The van der Waals surface area contributed by atoms with E-state index in [4.69, 9.17) is 9.84 Å². The van der Waals surface area contributed by atoms with Crippen molar-refractivity contribution in [2.45, 2.75) is 19.3 Å². The smallest absolute Gasteiger partial charge is 0.303 e. The first-order valence-electron chi connectivity index (χ1n) is 4.82. The van der Waals surface area contributed by atoms with E-state index in [1.807, 2.05) is 6.07 Å². The molecule has 0 spiro atoms. The number of phenolic OH excluding ortho intramolecular Hbond substituents is 1. The molecule has 0 amide bonds. The summed E-state index contributed by atoms with van der Waals surface area (Å²) in [5.41, 5.74) is 0.875. The van der Waals surface area contributed by atoms with Gasteiger partial charge in [-0.1, -0.05) is 6.07 Å². The molecule has 0 radical (unpaired) electrons. The molecule has 0 aliphatic heterocycles. The second-order valence-corrected chi connectivity index (χ2v) is 4.13. The highest BCUT2D eigenvalue weighted by molar-refractivity contribution is 9.10. The fraction of sp³-hybridized carbons (Fsp3) is 0.364. The predicted octanol–water partition coefficient (Wildman–Crippen LogP) is 2.57. The van der Waals surface area contributed by atoms with Crippen molar-refractivity contribution in [3.05, 3.63) is 22.2 Å². The molecule has 0 aliphatic rings. The van der Waals surface area contributed by atoms with E-state index in [2.05, 4.69) is 15.9 Å². The van der Waals surface area contributed by atoms with Gasteiger partial charge in [0.25, 0.3) is 0 Å². The number of rotatable bonds is 5. The van der Waals surface area contributed by atoms with Gasteiger partial charge in [-0.2, -0.15) is 0 Å². The number of carboxylic acids is 1. The van der Waals surface area contributed by atoms with E-state index in [0.29, 0.717) is 23.1 Å². The lowest BCUT2D eigenvalue weighted by Crippen LogP contribution is -1.97. The van der Waals surface area contributed by atoms with Gasteiger partial charge in [-0.15, -0.1) is 0 Å². The van der Waals surface area contributed by atoms with E-state index in [-0.39, 0.29) is 12.2 Å². The second-order valence-electron chi connectivity index (χ2n) is 3.34. The molecule has 0 unspecified atom stereocenters. The number of aromatic hydroxyl groups is 1. The summed E-state index contributed by atoms with van der Waals surface area (Å²) < 4.78 is 5.52. The third kappa shape index (κ3) is 3.13. The maximum Gasteiger partial charge on any atom is 0.303 e. The zero-order chi connectivity index (χ0) is 12.1. The molecule has 0 aromatic heterocycles. The number of hydrogen-bond acceptors (Lipinski definition) is 3. The number of halogens is 1. The molecule has 88 valence electrons. The summed E-state index contributed by atoms with van der Waals surface area (Å²) >= 11 is 3.26. The van der Waals surface area contributed by atoms with Crippen molar-refractivity contribution in [3.63, 3.8) is 0 Å². The van der Waals surface area contributed by atoms with Crippen LogP contribution in [0, 0.1) is 0 Å². The normalized spacial score (nSPS) is 10.1. The molecule has 2 N–H and O–H groups in total. The van der Waals surface area contributed by atoms with E-state index < -0.39 is 5.97 Å². The Morgan fingerprint density at radius 3 is 2.75 bits per heavy atom. The molecule has 0 fully saturated rings. The molecular weight excluding hydrogens is 276 g/mol. The van der Waals surface area contributed by atoms with Crippen LogP contribution < -0.4 is 4.74 Å². The highest BCUT2D eigenvalue weighted by Crippen LogP contribution is 2.36. The number of hydrogen-bond donors (Lipinski definition) is 2. The van der Waals surface area contributed by atoms with Gasteiger partial charge >= 0.3 is 5.97 Å². The van der Waals surface area contributed by atoms with E-state index >= 15 is 0 Å². The number of methoxy groups -OCH3 is 1. The molecule has 0 heterocycles. The van der Waals surface area contributed by atoms with Gasteiger partial charge in [0.05, 0.1) is 11.6 Å². The van der Waals surface area contributed by atoms with Crippen molar-refractivity contribution in [1.82, 2.24) is 0 Å². The number of phenols is 1. The summed E-state index contributed by atoms with van der Waals surface area (Å²) in [6.07, 6.45) is 1.27. The lowest BCUT2D eigenvalue weighted by atomic mass is 10.1. The van der Waals surface area contributed by atoms with Gasteiger partial charge in [0.15, 0.2) is 11.5 Å². The van der Waals surface area contributed by atoms with E-state index in [1.165, 1.54) is 7.11 Å². The standard InChI is InChI=1S/C11H13BrO4/c1-16-8-6-5-7(10(12)11(8)15)3-2-4-9(13)14/h5-6,15H,2-4H2,1H3,(H,13,14). The maximum absolute atomic E-state index is 10.4. The van der Waals surface area contributed by atoms with Crippen LogP contribution >= 0.6 is 15.9 Å².